The third kappa shape index (κ3) is 4.76. The molecule has 34 heavy (non-hydrogen) atoms. The molecule has 1 aromatic heterocycles. The Balaban J connectivity index is 1.45. The van der Waals surface area contributed by atoms with E-state index < -0.39 is 0 Å². The number of carbonyl (C=O) groups is 1. The highest BCUT2D eigenvalue weighted by molar-refractivity contribution is 8.00. The van der Waals surface area contributed by atoms with E-state index in [1.807, 2.05) is 37.3 Å². The molecule has 0 fully saturated rings. The van der Waals surface area contributed by atoms with Gasteiger partial charge in [-0.25, -0.2) is 9.37 Å². The number of anilines is 1. The first-order valence-electron chi connectivity index (χ1n) is 10.6. The van der Waals surface area contributed by atoms with Gasteiger partial charge < -0.3 is 10.1 Å². The molecular formula is C26H19ClFN3O2S. The van der Waals surface area contributed by atoms with Crippen molar-refractivity contribution in [3.8, 4) is 23.0 Å². The summed E-state index contributed by atoms with van der Waals surface area (Å²) < 4.78 is 19.4. The molecule has 1 N–H and O–H groups in total. The lowest BCUT2D eigenvalue weighted by Crippen LogP contribution is -2.15. The second-order valence-electron chi connectivity index (χ2n) is 7.83. The van der Waals surface area contributed by atoms with Gasteiger partial charge in [-0.15, -0.1) is 0 Å². The van der Waals surface area contributed by atoms with Crippen LogP contribution < -0.4 is 10.1 Å². The third-order valence-corrected chi connectivity index (χ3v) is 6.63. The lowest BCUT2D eigenvalue weighted by molar-refractivity contribution is -0.113. The first kappa shape index (κ1) is 22.4. The van der Waals surface area contributed by atoms with Crippen molar-refractivity contribution in [1.82, 2.24) is 9.97 Å². The maximum Gasteiger partial charge on any atom is 0.234 e. The molecule has 0 bridgehead atoms. The highest BCUT2D eigenvalue weighted by Gasteiger charge is 2.25. The fourth-order valence-corrected chi connectivity index (χ4v) is 4.63. The van der Waals surface area contributed by atoms with E-state index in [1.165, 1.54) is 36.0 Å². The molecule has 0 saturated carbocycles. The monoisotopic (exact) mass is 491 g/mol. The van der Waals surface area contributed by atoms with Crippen molar-refractivity contribution >= 4 is 35.0 Å². The van der Waals surface area contributed by atoms with Gasteiger partial charge in [-0.05, 0) is 66.6 Å². The van der Waals surface area contributed by atoms with E-state index in [0.29, 0.717) is 33.9 Å². The van der Waals surface area contributed by atoms with Crippen LogP contribution in [0.5, 0.6) is 11.6 Å². The fraction of sp³-hybridized carbons (Fsp3) is 0.115. The summed E-state index contributed by atoms with van der Waals surface area (Å²) >= 11 is 7.36. The van der Waals surface area contributed by atoms with Gasteiger partial charge in [0.1, 0.15) is 16.6 Å². The second-order valence-corrected chi connectivity index (χ2v) is 9.23. The molecule has 1 aliphatic rings. The molecule has 1 amide bonds. The minimum absolute atomic E-state index is 0.127. The van der Waals surface area contributed by atoms with Gasteiger partial charge in [-0.3, -0.25) is 4.79 Å². The Bertz CT molecular complexity index is 1380. The average Bonchev–Trinajstić information content (AvgIpc) is 2.84. The van der Waals surface area contributed by atoms with E-state index in [-0.39, 0.29) is 17.5 Å². The first-order valence-corrected chi connectivity index (χ1v) is 11.9. The average molecular weight is 492 g/mol. The minimum Gasteiger partial charge on any atom is -0.438 e. The van der Waals surface area contributed by atoms with Crippen LogP contribution >= 0.6 is 23.4 Å². The number of ether oxygens (including phenoxy) is 1. The number of aryl methyl sites for hydroxylation is 1. The highest BCUT2D eigenvalue weighted by atomic mass is 35.5. The number of thioether (sulfide) groups is 1. The van der Waals surface area contributed by atoms with Crippen molar-refractivity contribution < 1.29 is 13.9 Å². The van der Waals surface area contributed by atoms with Crippen LogP contribution in [-0.4, -0.2) is 21.6 Å². The quantitative estimate of drug-likeness (QED) is 0.220. The zero-order valence-electron chi connectivity index (χ0n) is 18.1. The van der Waals surface area contributed by atoms with E-state index in [9.17, 15) is 9.18 Å². The molecule has 1 aliphatic heterocycles. The Kier molecular flexibility index (Phi) is 6.22. The van der Waals surface area contributed by atoms with E-state index in [2.05, 4.69) is 5.32 Å². The Hall–Kier alpha value is -3.42. The number of hydrogen-bond donors (Lipinski definition) is 1. The fourth-order valence-electron chi connectivity index (χ4n) is 3.68. The first-order chi connectivity index (χ1) is 16.5. The van der Waals surface area contributed by atoms with E-state index >= 15 is 0 Å². The van der Waals surface area contributed by atoms with Gasteiger partial charge >= 0.3 is 0 Å². The van der Waals surface area contributed by atoms with Crippen LogP contribution in [0.1, 0.15) is 16.7 Å². The maximum absolute atomic E-state index is 13.1. The molecule has 0 unspecified atom stereocenters. The number of nitrogens with zero attached hydrogens (tertiary/aromatic N) is 2. The summed E-state index contributed by atoms with van der Waals surface area (Å²) in [5, 5.41) is 4.08. The second kappa shape index (κ2) is 9.44. The summed E-state index contributed by atoms with van der Waals surface area (Å²) in [7, 11) is 0. The minimum atomic E-state index is -0.356. The van der Waals surface area contributed by atoms with E-state index in [1.54, 1.807) is 12.1 Å². The normalized spacial score (nSPS) is 11.9. The number of amides is 1. The summed E-state index contributed by atoms with van der Waals surface area (Å²) in [5.74, 6) is 1.34. The molecule has 4 aromatic rings. The Labute approximate surface area is 205 Å². The van der Waals surface area contributed by atoms with Gasteiger partial charge in [0.25, 0.3) is 0 Å². The van der Waals surface area contributed by atoms with Crippen molar-refractivity contribution in [3.05, 3.63) is 94.3 Å². The van der Waals surface area contributed by atoms with Crippen LogP contribution in [-0.2, 0) is 11.2 Å². The maximum atomic E-state index is 13.1. The highest BCUT2D eigenvalue weighted by Crippen LogP contribution is 2.41. The lowest BCUT2D eigenvalue weighted by atomic mass is 10.0. The molecule has 5 nitrogen and oxygen atoms in total. The topological polar surface area (TPSA) is 64.1 Å². The van der Waals surface area contributed by atoms with Crippen molar-refractivity contribution in [1.29, 1.82) is 0 Å². The number of carbonyl (C=O) groups excluding carboxylic acids is 1. The Morgan fingerprint density at radius 3 is 2.62 bits per heavy atom. The molecule has 0 saturated heterocycles. The van der Waals surface area contributed by atoms with Crippen LogP contribution in [0.3, 0.4) is 0 Å². The standard InChI is InChI=1S/C26H19ClFN3O2S/c1-15-3-2-4-17-13-21-25(33-23(15)17)30-24(16-5-7-18(27)8-6-16)31-26(21)34-14-22(32)29-20-11-9-19(28)10-12-20/h2-12H,13-14H2,1H3,(H,29,32). The number of hydrogen-bond acceptors (Lipinski definition) is 5. The van der Waals surface area contributed by atoms with Gasteiger partial charge in [-0.1, -0.05) is 41.6 Å². The largest absolute Gasteiger partial charge is 0.438 e. The van der Waals surface area contributed by atoms with E-state index in [0.717, 1.165) is 28.0 Å². The van der Waals surface area contributed by atoms with Crippen LogP contribution in [0.25, 0.3) is 11.4 Å². The molecular weight excluding hydrogens is 473 g/mol. The summed E-state index contributed by atoms with van der Waals surface area (Å²) in [4.78, 5) is 22.0. The molecule has 0 atom stereocenters. The Morgan fingerprint density at radius 2 is 1.85 bits per heavy atom. The van der Waals surface area contributed by atoms with Gasteiger partial charge in [0, 0.05) is 22.7 Å². The van der Waals surface area contributed by atoms with Crippen molar-refractivity contribution in [2.45, 2.75) is 18.4 Å². The predicted molar refractivity (Wildman–Crippen MR) is 132 cm³/mol. The number of benzene rings is 3. The number of fused-ring (bicyclic) bond motifs is 2. The molecule has 3 aromatic carbocycles. The smallest absolute Gasteiger partial charge is 0.234 e. The molecule has 2 heterocycles. The lowest BCUT2D eigenvalue weighted by Gasteiger charge is -2.23. The van der Waals surface area contributed by atoms with Crippen molar-refractivity contribution in [2.75, 3.05) is 11.1 Å². The molecule has 0 aliphatic carbocycles. The van der Waals surface area contributed by atoms with Crippen LogP contribution in [0.15, 0.2) is 71.8 Å². The summed E-state index contributed by atoms with van der Waals surface area (Å²) in [5.41, 5.74) is 4.25. The third-order valence-electron chi connectivity index (χ3n) is 5.36. The molecule has 8 heteroatoms. The molecule has 5 rings (SSSR count). The SMILES string of the molecule is Cc1cccc2c1Oc1nc(-c3ccc(Cl)cc3)nc(SCC(=O)Nc3ccc(F)cc3)c1C2. The molecule has 170 valence electrons. The zero-order chi connectivity index (χ0) is 23.7. The van der Waals surface area contributed by atoms with Gasteiger partial charge in [0.2, 0.25) is 11.8 Å². The van der Waals surface area contributed by atoms with Crippen LogP contribution in [0.2, 0.25) is 5.02 Å². The van der Waals surface area contributed by atoms with Gasteiger partial charge in [0.05, 0.1) is 11.3 Å². The Morgan fingerprint density at radius 1 is 1.09 bits per heavy atom. The zero-order valence-corrected chi connectivity index (χ0v) is 19.7. The number of rotatable bonds is 5. The number of nitrogens with one attached hydrogen (secondary N) is 1. The van der Waals surface area contributed by atoms with E-state index in [4.69, 9.17) is 26.3 Å². The summed E-state index contributed by atoms with van der Waals surface area (Å²) in [6.45, 7) is 2.00. The van der Waals surface area contributed by atoms with Crippen molar-refractivity contribution in [3.63, 3.8) is 0 Å². The van der Waals surface area contributed by atoms with Crippen molar-refractivity contribution in [2.24, 2.45) is 0 Å². The van der Waals surface area contributed by atoms with Gasteiger partial charge in [0.15, 0.2) is 5.82 Å². The number of halogens is 2. The number of aromatic nitrogens is 2. The number of para-hydroxylation sites is 1. The van der Waals surface area contributed by atoms with Crippen LogP contribution in [0.4, 0.5) is 10.1 Å². The van der Waals surface area contributed by atoms with Gasteiger partial charge in [-0.2, -0.15) is 4.98 Å². The summed E-state index contributed by atoms with van der Waals surface area (Å²) in [6, 6.07) is 18.9. The molecule has 0 spiro atoms. The molecule has 0 radical (unpaired) electrons. The predicted octanol–water partition coefficient (Wildman–Crippen LogP) is 6.67. The van der Waals surface area contributed by atoms with Crippen LogP contribution in [0, 0.1) is 12.7 Å². The summed E-state index contributed by atoms with van der Waals surface area (Å²) in [6.07, 6.45) is 0.606.